The minimum atomic E-state index is -0.254. The summed E-state index contributed by atoms with van der Waals surface area (Å²) < 4.78 is 0. The van der Waals surface area contributed by atoms with Crippen LogP contribution in [0.2, 0.25) is 0 Å². The van der Waals surface area contributed by atoms with Crippen molar-refractivity contribution in [3.8, 4) is 23.6 Å². The Bertz CT molecular complexity index is 558. The molecule has 0 spiro atoms. The molecule has 0 bridgehead atoms. The van der Waals surface area contributed by atoms with Crippen LogP contribution in [0.15, 0.2) is 35.5 Å². The molecule has 0 amide bonds. The highest BCUT2D eigenvalue weighted by atomic mass is 16.3. The third-order valence-electron chi connectivity index (χ3n) is 1.97. The molecular weight excluding hydrogens is 218 g/mol. The first kappa shape index (κ1) is 12.2. The van der Waals surface area contributed by atoms with Crippen LogP contribution in [0, 0.1) is 22.7 Å². The fourth-order valence-electron chi connectivity index (χ4n) is 1.07. The van der Waals surface area contributed by atoms with Gasteiger partial charge in [-0.05, 0) is 23.8 Å². The van der Waals surface area contributed by atoms with E-state index in [-0.39, 0.29) is 22.8 Å². The molecule has 0 saturated heterocycles. The van der Waals surface area contributed by atoms with Crippen LogP contribution in [0.25, 0.3) is 6.08 Å². The van der Waals surface area contributed by atoms with Crippen LogP contribution in [-0.4, -0.2) is 10.2 Å². The summed E-state index contributed by atoms with van der Waals surface area (Å²) in [5.74, 6) is -0.476. The minimum Gasteiger partial charge on any atom is -0.504 e. The number of benzene rings is 1. The van der Waals surface area contributed by atoms with Crippen LogP contribution < -0.4 is 5.73 Å². The Kier molecular flexibility index (Phi) is 3.75. The molecule has 0 fully saturated rings. The highest BCUT2D eigenvalue weighted by molar-refractivity contribution is 5.59. The normalized spacial score (nSPS) is 9.53. The van der Waals surface area contributed by atoms with Crippen molar-refractivity contribution < 1.29 is 10.2 Å². The number of nitriles is 2. The van der Waals surface area contributed by atoms with Gasteiger partial charge in [0.05, 0.1) is 5.70 Å². The van der Waals surface area contributed by atoms with E-state index in [9.17, 15) is 5.11 Å². The highest BCUT2D eigenvalue weighted by Crippen LogP contribution is 2.25. The van der Waals surface area contributed by atoms with Gasteiger partial charge in [-0.3, -0.25) is 0 Å². The van der Waals surface area contributed by atoms with Gasteiger partial charge in [-0.25, -0.2) is 0 Å². The number of hydrogen-bond donors (Lipinski definition) is 3. The highest BCUT2D eigenvalue weighted by Gasteiger charge is 1.99. The lowest BCUT2D eigenvalue weighted by Crippen LogP contribution is -1.96. The van der Waals surface area contributed by atoms with E-state index >= 15 is 0 Å². The summed E-state index contributed by atoms with van der Waals surface area (Å²) >= 11 is 0. The number of rotatable bonds is 2. The average Bonchev–Trinajstić information content (AvgIpc) is 2.32. The van der Waals surface area contributed by atoms with Crippen molar-refractivity contribution in [3.63, 3.8) is 0 Å². The van der Waals surface area contributed by atoms with Crippen LogP contribution in [0.3, 0.4) is 0 Å². The first-order valence-corrected chi connectivity index (χ1v) is 4.58. The summed E-state index contributed by atoms with van der Waals surface area (Å²) in [6, 6.07) is 7.53. The molecule has 0 heterocycles. The predicted octanol–water partition coefficient (Wildman–Crippen LogP) is 1.37. The first-order chi connectivity index (χ1) is 8.08. The molecule has 1 aromatic rings. The Morgan fingerprint density at radius 3 is 2.35 bits per heavy atom. The second kappa shape index (κ2) is 5.24. The Hall–Kier alpha value is -2.92. The average molecular weight is 227 g/mol. The van der Waals surface area contributed by atoms with E-state index in [0.29, 0.717) is 5.56 Å². The van der Waals surface area contributed by atoms with Gasteiger partial charge >= 0.3 is 0 Å². The number of hydrogen-bond acceptors (Lipinski definition) is 5. The van der Waals surface area contributed by atoms with Crippen molar-refractivity contribution in [3.05, 3.63) is 41.1 Å². The molecular formula is C12H9N3O2. The Balaban J connectivity index is 3.00. The second-order valence-electron chi connectivity index (χ2n) is 3.14. The fraction of sp³-hybridized carbons (Fsp3) is 0. The standard InChI is InChI=1S/C12H9N3O2/c13-6-9(7-14)10(15)3-1-8-2-4-11(16)12(17)5-8/h1-5,16-17H,15H2. The van der Waals surface area contributed by atoms with E-state index in [0.717, 1.165) is 0 Å². The van der Waals surface area contributed by atoms with Gasteiger partial charge in [-0.2, -0.15) is 10.5 Å². The van der Waals surface area contributed by atoms with Gasteiger partial charge in [0, 0.05) is 0 Å². The number of phenolic OH excluding ortho intramolecular Hbond substituents is 2. The SMILES string of the molecule is N#CC(C#N)=C(N)C=Cc1ccc(O)c(O)c1. The molecule has 1 rings (SSSR count). The van der Waals surface area contributed by atoms with Gasteiger partial charge < -0.3 is 15.9 Å². The van der Waals surface area contributed by atoms with Crippen molar-refractivity contribution >= 4 is 6.08 Å². The summed E-state index contributed by atoms with van der Waals surface area (Å²) in [7, 11) is 0. The number of nitrogens with zero attached hydrogens (tertiary/aromatic N) is 2. The quantitative estimate of drug-likeness (QED) is 0.401. The maximum atomic E-state index is 9.24. The second-order valence-corrected chi connectivity index (χ2v) is 3.14. The summed E-state index contributed by atoms with van der Waals surface area (Å²) in [5.41, 5.74) is 5.94. The molecule has 0 aliphatic heterocycles. The largest absolute Gasteiger partial charge is 0.504 e. The summed E-state index contributed by atoms with van der Waals surface area (Å²) in [5, 5.41) is 35.4. The lowest BCUT2D eigenvalue weighted by molar-refractivity contribution is 0.403. The third kappa shape index (κ3) is 3.01. The number of phenols is 2. The van der Waals surface area contributed by atoms with Crippen LogP contribution in [0.4, 0.5) is 0 Å². The summed E-state index contributed by atoms with van der Waals surface area (Å²) in [6.45, 7) is 0. The maximum Gasteiger partial charge on any atom is 0.157 e. The van der Waals surface area contributed by atoms with Crippen molar-refractivity contribution in [2.45, 2.75) is 0 Å². The molecule has 0 aliphatic rings. The molecule has 17 heavy (non-hydrogen) atoms. The van der Waals surface area contributed by atoms with E-state index in [2.05, 4.69) is 0 Å². The summed E-state index contributed by atoms with van der Waals surface area (Å²) in [4.78, 5) is 0. The zero-order valence-corrected chi connectivity index (χ0v) is 8.75. The zero-order valence-electron chi connectivity index (χ0n) is 8.75. The first-order valence-electron chi connectivity index (χ1n) is 4.58. The topological polar surface area (TPSA) is 114 Å². The lowest BCUT2D eigenvalue weighted by atomic mass is 10.1. The molecule has 0 saturated carbocycles. The van der Waals surface area contributed by atoms with Crippen molar-refractivity contribution in [1.82, 2.24) is 0 Å². The third-order valence-corrected chi connectivity index (χ3v) is 1.97. The molecule has 5 heteroatoms. The predicted molar refractivity (Wildman–Crippen MR) is 61.2 cm³/mol. The monoisotopic (exact) mass is 227 g/mol. The van der Waals surface area contributed by atoms with E-state index in [4.69, 9.17) is 21.4 Å². The van der Waals surface area contributed by atoms with Gasteiger partial charge in [0.25, 0.3) is 0 Å². The van der Waals surface area contributed by atoms with Gasteiger partial charge in [0.1, 0.15) is 12.1 Å². The van der Waals surface area contributed by atoms with Gasteiger partial charge in [0.2, 0.25) is 0 Å². The van der Waals surface area contributed by atoms with Crippen LogP contribution in [-0.2, 0) is 0 Å². The fourth-order valence-corrected chi connectivity index (χ4v) is 1.07. The van der Waals surface area contributed by atoms with E-state index in [1.54, 1.807) is 18.2 Å². The Labute approximate surface area is 98.0 Å². The lowest BCUT2D eigenvalue weighted by Gasteiger charge is -1.98. The van der Waals surface area contributed by atoms with Crippen molar-refractivity contribution in [2.75, 3.05) is 0 Å². The zero-order chi connectivity index (χ0) is 12.8. The molecule has 4 N–H and O–H groups in total. The molecule has 0 unspecified atom stereocenters. The molecule has 84 valence electrons. The number of allylic oxidation sites excluding steroid dienone is 2. The van der Waals surface area contributed by atoms with E-state index < -0.39 is 0 Å². The van der Waals surface area contributed by atoms with E-state index in [1.165, 1.54) is 24.3 Å². The van der Waals surface area contributed by atoms with Crippen LogP contribution >= 0.6 is 0 Å². The molecule has 0 atom stereocenters. The molecule has 0 aromatic heterocycles. The Morgan fingerprint density at radius 1 is 1.18 bits per heavy atom. The van der Waals surface area contributed by atoms with E-state index in [1.807, 2.05) is 0 Å². The van der Waals surface area contributed by atoms with Crippen molar-refractivity contribution in [2.24, 2.45) is 5.73 Å². The molecule has 1 aromatic carbocycles. The molecule has 0 radical (unpaired) electrons. The molecule has 0 aliphatic carbocycles. The van der Waals surface area contributed by atoms with Gasteiger partial charge in [-0.15, -0.1) is 0 Å². The van der Waals surface area contributed by atoms with Gasteiger partial charge in [0.15, 0.2) is 17.1 Å². The van der Waals surface area contributed by atoms with Gasteiger partial charge in [-0.1, -0.05) is 12.1 Å². The summed E-state index contributed by atoms with van der Waals surface area (Å²) in [6.07, 6.45) is 2.90. The maximum absolute atomic E-state index is 9.24. The molecule has 5 nitrogen and oxygen atoms in total. The minimum absolute atomic E-state index is 0.0440. The number of aromatic hydroxyl groups is 2. The smallest absolute Gasteiger partial charge is 0.157 e. The Morgan fingerprint density at radius 2 is 1.82 bits per heavy atom. The van der Waals surface area contributed by atoms with Crippen LogP contribution in [0.1, 0.15) is 5.56 Å². The van der Waals surface area contributed by atoms with Crippen LogP contribution in [0.5, 0.6) is 11.5 Å². The van der Waals surface area contributed by atoms with Crippen molar-refractivity contribution in [1.29, 1.82) is 10.5 Å². The number of nitrogens with two attached hydrogens (primary N) is 1.